The Hall–Kier alpha value is -2.09. The van der Waals surface area contributed by atoms with E-state index < -0.39 is 23.8 Å². The first-order valence-electron chi connectivity index (χ1n) is 6.13. The number of aryl methyl sites for hydroxylation is 2. The number of carbonyl (C=O) groups excluding carboxylic acids is 2. The molecule has 1 atom stereocenters. The minimum Gasteiger partial charge on any atom is -0.480 e. The number of thioether (sulfide) groups is 1. The summed E-state index contributed by atoms with van der Waals surface area (Å²) in [4.78, 5) is 37.8. The Balaban J connectivity index is 2.99. The molecule has 2 amide bonds. The van der Waals surface area contributed by atoms with Crippen LogP contribution in [0.3, 0.4) is 0 Å². The van der Waals surface area contributed by atoms with Crippen molar-refractivity contribution in [1.29, 1.82) is 0 Å². The molecule has 1 aromatic rings. The zero-order valence-electron chi connectivity index (χ0n) is 12.0. The fourth-order valence-corrected chi connectivity index (χ4v) is 2.95. The van der Waals surface area contributed by atoms with Crippen molar-refractivity contribution in [3.63, 3.8) is 0 Å². The lowest BCUT2D eigenvalue weighted by atomic mass is 10.1. The Bertz CT molecular complexity index is 589. The predicted molar refractivity (Wildman–Crippen MR) is 78.2 cm³/mol. The van der Waals surface area contributed by atoms with E-state index in [1.165, 1.54) is 6.92 Å². The lowest BCUT2D eigenvalue weighted by Gasteiger charge is -2.14. The molecular formula is C13H17N3O4S. The molecule has 0 aromatic carbocycles. The maximum absolute atomic E-state index is 11.5. The Morgan fingerprint density at radius 2 is 2.05 bits per heavy atom. The molecule has 0 aliphatic carbocycles. The molecule has 21 heavy (non-hydrogen) atoms. The summed E-state index contributed by atoms with van der Waals surface area (Å²) < 4.78 is 0. The second-order valence-corrected chi connectivity index (χ2v) is 5.54. The van der Waals surface area contributed by atoms with Gasteiger partial charge in [0.1, 0.15) is 11.1 Å². The van der Waals surface area contributed by atoms with Crippen LogP contribution < -0.4 is 11.1 Å². The minimum atomic E-state index is -1.15. The molecule has 0 bridgehead atoms. The van der Waals surface area contributed by atoms with Crippen LogP contribution in [-0.4, -0.2) is 39.7 Å². The largest absolute Gasteiger partial charge is 0.480 e. The van der Waals surface area contributed by atoms with Gasteiger partial charge in [-0.05, 0) is 25.5 Å². The first kappa shape index (κ1) is 17.0. The number of pyridine rings is 1. The Kier molecular flexibility index (Phi) is 5.71. The highest BCUT2D eigenvalue weighted by Crippen LogP contribution is 2.24. The van der Waals surface area contributed by atoms with E-state index in [0.29, 0.717) is 16.3 Å². The molecule has 0 saturated heterocycles. The molecule has 1 heterocycles. The summed E-state index contributed by atoms with van der Waals surface area (Å²) in [6.07, 6.45) is 0. The predicted octanol–water partition coefficient (Wildman–Crippen LogP) is 0.479. The average Bonchev–Trinajstić information content (AvgIpc) is 2.32. The lowest BCUT2D eigenvalue weighted by molar-refractivity contribution is -0.140. The minimum absolute atomic E-state index is 0.0467. The summed E-state index contributed by atoms with van der Waals surface area (Å²) in [6, 6.07) is 0.669. The summed E-state index contributed by atoms with van der Waals surface area (Å²) in [6.45, 7) is 4.75. The van der Waals surface area contributed by atoms with Crippen LogP contribution in [0.4, 0.5) is 0 Å². The maximum atomic E-state index is 11.5. The molecule has 0 radical (unpaired) electrons. The van der Waals surface area contributed by atoms with Crippen LogP contribution in [0.5, 0.6) is 0 Å². The number of hydrogen-bond acceptors (Lipinski definition) is 5. The highest BCUT2D eigenvalue weighted by atomic mass is 32.2. The van der Waals surface area contributed by atoms with Crippen molar-refractivity contribution in [3.05, 3.63) is 22.9 Å². The molecule has 0 fully saturated rings. The van der Waals surface area contributed by atoms with Crippen LogP contribution in [0, 0.1) is 13.8 Å². The van der Waals surface area contributed by atoms with Crippen molar-refractivity contribution in [1.82, 2.24) is 10.3 Å². The van der Waals surface area contributed by atoms with Gasteiger partial charge in [-0.3, -0.25) is 9.59 Å². The van der Waals surface area contributed by atoms with Gasteiger partial charge in [0.15, 0.2) is 0 Å². The first-order valence-corrected chi connectivity index (χ1v) is 7.11. The molecule has 1 rings (SSSR count). The number of carboxylic acids is 1. The molecule has 7 nitrogen and oxygen atoms in total. The summed E-state index contributed by atoms with van der Waals surface area (Å²) in [5, 5.41) is 11.7. The van der Waals surface area contributed by atoms with E-state index in [9.17, 15) is 14.4 Å². The molecule has 4 N–H and O–H groups in total. The fourth-order valence-electron chi connectivity index (χ4n) is 1.79. The smallest absolute Gasteiger partial charge is 0.327 e. The summed E-state index contributed by atoms with van der Waals surface area (Å²) in [5.74, 6) is -2.16. The van der Waals surface area contributed by atoms with E-state index in [1.54, 1.807) is 19.9 Å². The van der Waals surface area contributed by atoms with Crippen molar-refractivity contribution >= 4 is 29.5 Å². The third-order valence-electron chi connectivity index (χ3n) is 2.62. The lowest BCUT2D eigenvalue weighted by Crippen LogP contribution is -2.41. The number of primary amides is 1. The molecular weight excluding hydrogens is 294 g/mol. The summed E-state index contributed by atoms with van der Waals surface area (Å²) >= 11 is 1.07. The molecule has 0 aliphatic heterocycles. The highest BCUT2D eigenvalue weighted by molar-refractivity contribution is 7.99. The van der Waals surface area contributed by atoms with Gasteiger partial charge in [-0.1, -0.05) is 0 Å². The molecule has 0 spiro atoms. The van der Waals surface area contributed by atoms with Crippen LogP contribution in [0.25, 0.3) is 0 Å². The van der Waals surface area contributed by atoms with E-state index in [0.717, 1.165) is 11.8 Å². The Morgan fingerprint density at radius 1 is 1.43 bits per heavy atom. The molecule has 1 unspecified atom stereocenters. The van der Waals surface area contributed by atoms with Crippen LogP contribution in [0.1, 0.15) is 28.5 Å². The van der Waals surface area contributed by atoms with Gasteiger partial charge in [0, 0.05) is 18.4 Å². The van der Waals surface area contributed by atoms with Crippen molar-refractivity contribution in [2.24, 2.45) is 5.73 Å². The normalized spacial score (nSPS) is 11.8. The highest BCUT2D eigenvalue weighted by Gasteiger charge is 2.21. The Labute approximate surface area is 126 Å². The van der Waals surface area contributed by atoms with E-state index in [-0.39, 0.29) is 11.3 Å². The average molecular weight is 311 g/mol. The van der Waals surface area contributed by atoms with Crippen molar-refractivity contribution in [2.45, 2.75) is 31.8 Å². The molecule has 0 aliphatic rings. The number of carbonyl (C=O) groups is 3. The molecule has 8 heteroatoms. The van der Waals surface area contributed by atoms with Crippen molar-refractivity contribution < 1.29 is 19.5 Å². The number of nitrogens with one attached hydrogen (secondary N) is 1. The van der Waals surface area contributed by atoms with Crippen LogP contribution >= 0.6 is 11.8 Å². The fraction of sp³-hybridized carbons (Fsp3) is 0.385. The zero-order chi connectivity index (χ0) is 16.2. The standard InChI is InChI=1S/C13H17N3O4S/c1-6-4-7(2)15-12(10(6)11(14)18)21-5-9(13(19)20)16-8(3)17/h4,9H,5H2,1-3H3,(H2,14,18)(H,16,17)(H,19,20). The third kappa shape index (κ3) is 4.75. The third-order valence-corrected chi connectivity index (χ3v) is 3.69. The summed E-state index contributed by atoms with van der Waals surface area (Å²) in [5.41, 5.74) is 6.99. The van der Waals surface area contributed by atoms with Crippen LogP contribution in [0.15, 0.2) is 11.1 Å². The summed E-state index contributed by atoms with van der Waals surface area (Å²) in [7, 11) is 0. The number of amides is 2. The number of aliphatic carboxylic acids is 1. The van der Waals surface area contributed by atoms with Gasteiger partial charge in [0.25, 0.3) is 5.91 Å². The van der Waals surface area contributed by atoms with E-state index >= 15 is 0 Å². The van der Waals surface area contributed by atoms with Gasteiger partial charge in [-0.2, -0.15) is 0 Å². The van der Waals surface area contributed by atoms with Gasteiger partial charge in [-0.25, -0.2) is 9.78 Å². The number of rotatable bonds is 6. The molecule has 1 aromatic heterocycles. The number of carboxylic acid groups (broad SMARTS) is 1. The Morgan fingerprint density at radius 3 is 2.52 bits per heavy atom. The van der Waals surface area contributed by atoms with Gasteiger partial charge >= 0.3 is 5.97 Å². The quantitative estimate of drug-likeness (QED) is 0.657. The number of nitrogens with zero attached hydrogens (tertiary/aromatic N) is 1. The van der Waals surface area contributed by atoms with Gasteiger partial charge < -0.3 is 16.2 Å². The van der Waals surface area contributed by atoms with Crippen LogP contribution in [0.2, 0.25) is 0 Å². The SMILES string of the molecule is CC(=O)NC(CSc1nc(C)cc(C)c1C(N)=O)C(=O)O. The van der Waals surface area contributed by atoms with E-state index in [1.807, 2.05) is 0 Å². The number of hydrogen-bond donors (Lipinski definition) is 3. The zero-order valence-corrected chi connectivity index (χ0v) is 12.8. The second kappa shape index (κ2) is 7.07. The topological polar surface area (TPSA) is 122 Å². The molecule has 114 valence electrons. The first-order chi connectivity index (χ1) is 9.72. The van der Waals surface area contributed by atoms with E-state index in [4.69, 9.17) is 10.8 Å². The number of aromatic nitrogens is 1. The van der Waals surface area contributed by atoms with Gasteiger partial charge in [-0.15, -0.1) is 11.8 Å². The number of nitrogens with two attached hydrogens (primary N) is 1. The van der Waals surface area contributed by atoms with E-state index in [2.05, 4.69) is 10.3 Å². The van der Waals surface area contributed by atoms with Crippen molar-refractivity contribution in [3.8, 4) is 0 Å². The van der Waals surface area contributed by atoms with Gasteiger partial charge in [0.05, 0.1) is 5.56 Å². The van der Waals surface area contributed by atoms with Crippen molar-refractivity contribution in [2.75, 3.05) is 5.75 Å². The molecule has 0 saturated carbocycles. The second-order valence-electron chi connectivity index (χ2n) is 4.53. The maximum Gasteiger partial charge on any atom is 0.327 e. The monoisotopic (exact) mass is 311 g/mol. The van der Waals surface area contributed by atoms with Crippen LogP contribution in [-0.2, 0) is 9.59 Å². The van der Waals surface area contributed by atoms with Gasteiger partial charge in [0.2, 0.25) is 5.91 Å².